The van der Waals surface area contributed by atoms with Gasteiger partial charge in [-0.15, -0.1) is 0 Å². The lowest BCUT2D eigenvalue weighted by Gasteiger charge is -2.08. The summed E-state index contributed by atoms with van der Waals surface area (Å²) in [5, 5.41) is 2.87. The van der Waals surface area contributed by atoms with Gasteiger partial charge in [0.25, 0.3) is 5.91 Å². The largest absolute Gasteiger partial charge is 0.484 e. The quantitative estimate of drug-likeness (QED) is 0.676. The highest BCUT2D eigenvalue weighted by Crippen LogP contribution is 2.13. The number of hydrogen-bond donors (Lipinski definition) is 1. The van der Waals surface area contributed by atoms with Gasteiger partial charge < -0.3 is 14.8 Å². The summed E-state index contributed by atoms with van der Waals surface area (Å²) in [4.78, 5) is 22.8. The second kappa shape index (κ2) is 10.3. The molecule has 0 bridgehead atoms. The molecule has 4 nitrogen and oxygen atoms in total. The molecular formula is C21H25NO3. The summed E-state index contributed by atoms with van der Waals surface area (Å²) < 4.78 is 5.48. The van der Waals surface area contributed by atoms with Crippen molar-refractivity contribution in [2.75, 3.05) is 13.2 Å². The van der Waals surface area contributed by atoms with Gasteiger partial charge in [0.1, 0.15) is 11.5 Å². The fourth-order valence-corrected chi connectivity index (χ4v) is 2.44. The van der Waals surface area contributed by atoms with Gasteiger partial charge in [-0.1, -0.05) is 42.5 Å². The molecule has 0 unspecified atom stereocenters. The first-order valence-electron chi connectivity index (χ1n) is 8.65. The van der Waals surface area contributed by atoms with E-state index in [1.165, 1.54) is 5.56 Å². The lowest BCUT2D eigenvalue weighted by Crippen LogP contribution is -2.29. The van der Waals surface area contributed by atoms with Crippen LogP contribution in [-0.2, 0) is 22.4 Å². The molecule has 0 aliphatic heterocycles. The molecule has 1 amide bonds. The molecule has 0 heterocycles. The van der Waals surface area contributed by atoms with E-state index in [2.05, 4.69) is 17.4 Å². The maximum absolute atomic E-state index is 11.8. The van der Waals surface area contributed by atoms with E-state index in [1.54, 1.807) is 6.92 Å². The lowest BCUT2D eigenvalue weighted by atomic mass is 10.1. The third-order valence-electron chi connectivity index (χ3n) is 3.87. The van der Waals surface area contributed by atoms with Crippen LogP contribution in [0.4, 0.5) is 0 Å². The number of Topliss-reactive ketones (excluding diaryl/α,β-unsaturated/α-hetero) is 1. The average Bonchev–Trinajstić information content (AvgIpc) is 2.63. The molecular weight excluding hydrogens is 314 g/mol. The van der Waals surface area contributed by atoms with Crippen LogP contribution in [0.3, 0.4) is 0 Å². The van der Waals surface area contributed by atoms with Gasteiger partial charge in [-0.2, -0.15) is 0 Å². The molecule has 0 aromatic heterocycles. The molecule has 0 saturated carbocycles. The zero-order valence-corrected chi connectivity index (χ0v) is 14.7. The number of carbonyl (C=O) groups is 2. The molecule has 2 aromatic carbocycles. The van der Waals surface area contributed by atoms with Gasteiger partial charge in [0.15, 0.2) is 6.61 Å². The highest BCUT2D eigenvalue weighted by Gasteiger charge is 2.03. The molecule has 4 heteroatoms. The first-order valence-corrected chi connectivity index (χ1v) is 8.65. The van der Waals surface area contributed by atoms with Crippen LogP contribution < -0.4 is 10.1 Å². The lowest BCUT2D eigenvalue weighted by molar-refractivity contribution is -0.123. The van der Waals surface area contributed by atoms with Crippen LogP contribution >= 0.6 is 0 Å². The van der Waals surface area contributed by atoms with E-state index >= 15 is 0 Å². The van der Waals surface area contributed by atoms with Crippen molar-refractivity contribution in [1.82, 2.24) is 5.32 Å². The molecule has 1 N–H and O–H groups in total. The Morgan fingerprint density at radius 2 is 1.60 bits per heavy atom. The average molecular weight is 339 g/mol. The molecule has 0 atom stereocenters. The zero-order valence-electron chi connectivity index (χ0n) is 14.7. The minimum atomic E-state index is -0.117. The van der Waals surface area contributed by atoms with Crippen molar-refractivity contribution in [3.63, 3.8) is 0 Å². The normalized spacial score (nSPS) is 10.3. The van der Waals surface area contributed by atoms with E-state index in [1.807, 2.05) is 42.5 Å². The summed E-state index contributed by atoms with van der Waals surface area (Å²) in [7, 11) is 0. The molecule has 0 saturated heterocycles. The maximum atomic E-state index is 11.8. The van der Waals surface area contributed by atoms with Gasteiger partial charge in [0, 0.05) is 13.0 Å². The van der Waals surface area contributed by atoms with Crippen molar-refractivity contribution >= 4 is 11.7 Å². The fourth-order valence-electron chi connectivity index (χ4n) is 2.44. The smallest absolute Gasteiger partial charge is 0.257 e. The topological polar surface area (TPSA) is 55.4 Å². The number of ketones is 1. The van der Waals surface area contributed by atoms with E-state index in [-0.39, 0.29) is 18.3 Å². The molecule has 132 valence electrons. The molecule has 0 fully saturated rings. The van der Waals surface area contributed by atoms with Gasteiger partial charge >= 0.3 is 0 Å². The standard InChI is InChI=1S/C21H25NO3/c1-17(23)9-10-19-11-13-20(14-12-19)25-16-21(24)22-15-5-8-18-6-3-2-4-7-18/h2-4,6-7,11-14H,5,8-10,15-16H2,1H3,(H,22,24). The van der Waals surface area contributed by atoms with Crippen molar-refractivity contribution in [1.29, 1.82) is 0 Å². The summed E-state index contributed by atoms with van der Waals surface area (Å²) >= 11 is 0. The number of rotatable bonds is 10. The number of carbonyl (C=O) groups excluding carboxylic acids is 2. The Morgan fingerprint density at radius 3 is 2.28 bits per heavy atom. The van der Waals surface area contributed by atoms with Crippen LogP contribution in [-0.4, -0.2) is 24.8 Å². The van der Waals surface area contributed by atoms with Gasteiger partial charge in [-0.3, -0.25) is 4.79 Å². The minimum Gasteiger partial charge on any atom is -0.484 e. The van der Waals surface area contributed by atoms with E-state index in [4.69, 9.17) is 4.74 Å². The molecule has 0 aliphatic rings. The second-order valence-electron chi connectivity index (χ2n) is 6.07. The fraction of sp³-hybridized carbons (Fsp3) is 0.333. The first-order chi connectivity index (χ1) is 12.1. The Kier molecular flexibility index (Phi) is 7.70. The summed E-state index contributed by atoms with van der Waals surface area (Å²) in [6, 6.07) is 17.7. The minimum absolute atomic E-state index is 0.0120. The van der Waals surface area contributed by atoms with Gasteiger partial charge in [0.05, 0.1) is 0 Å². The molecule has 2 aromatic rings. The Morgan fingerprint density at radius 1 is 0.920 bits per heavy atom. The van der Waals surface area contributed by atoms with E-state index in [0.717, 1.165) is 24.8 Å². The highest BCUT2D eigenvalue weighted by atomic mass is 16.5. The maximum Gasteiger partial charge on any atom is 0.257 e. The Hall–Kier alpha value is -2.62. The third kappa shape index (κ3) is 7.66. The Balaban J connectivity index is 1.61. The summed E-state index contributed by atoms with van der Waals surface area (Å²) in [6.07, 6.45) is 3.13. The Labute approximate surface area is 149 Å². The van der Waals surface area contributed by atoms with Crippen molar-refractivity contribution in [3.8, 4) is 5.75 Å². The number of hydrogen-bond acceptors (Lipinski definition) is 3. The first kappa shape index (κ1) is 18.7. The summed E-state index contributed by atoms with van der Waals surface area (Å²) in [5.41, 5.74) is 2.37. The van der Waals surface area contributed by atoms with Gasteiger partial charge in [-0.05, 0) is 49.4 Å². The number of amides is 1. The highest BCUT2D eigenvalue weighted by molar-refractivity contribution is 5.77. The van der Waals surface area contributed by atoms with Crippen molar-refractivity contribution in [3.05, 3.63) is 65.7 Å². The van der Waals surface area contributed by atoms with Crippen LogP contribution in [0.2, 0.25) is 0 Å². The number of nitrogens with one attached hydrogen (secondary N) is 1. The number of ether oxygens (including phenoxy) is 1. The molecule has 0 spiro atoms. The molecule has 0 radical (unpaired) electrons. The predicted molar refractivity (Wildman–Crippen MR) is 98.7 cm³/mol. The monoisotopic (exact) mass is 339 g/mol. The number of benzene rings is 2. The van der Waals surface area contributed by atoms with Crippen LogP contribution in [0.15, 0.2) is 54.6 Å². The second-order valence-corrected chi connectivity index (χ2v) is 6.07. The van der Waals surface area contributed by atoms with E-state index in [9.17, 15) is 9.59 Å². The third-order valence-corrected chi connectivity index (χ3v) is 3.87. The van der Waals surface area contributed by atoms with Gasteiger partial charge in [-0.25, -0.2) is 0 Å². The van der Waals surface area contributed by atoms with Crippen LogP contribution in [0.25, 0.3) is 0 Å². The molecule has 25 heavy (non-hydrogen) atoms. The number of aryl methyl sites for hydroxylation is 2. The zero-order chi connectivity index (χ0) is 17.9. The van der Waals surface area contributed by atoms with Gasteiger partial charge in [0.2, 0.25) is 0 Å². The van der Waals surface area contributed by atoms with Crippen LogP contribution in [0.1, 0.15) is 30.9 Å². The van der Waals surface area contributed by atoms with Crippen molar-refractivity contribution in [2.24, 2.45) is 0 Å². The Bertz CT molecular complexity index is 665. The van der Waals surface area contributed by atoms with Crippen molar-refractivity contribution < 1.29 is 14.3 Å². The summed E-state index contributed by atoms with van der Waals surface area (Å²) in [5.74, 6) is 0.726. The van der Waals surface area contributed by atoms with Crippen LogP contribution in [0, 0.1) is 0 Å². The van der Waals surface area contributed by atoms with Crippen molar-refractivity contribution in [2.45, 2.75) is 32.6 Å². The predicted octanol–water partition coefficient (Wildman–Crippen LogP) is 3.34. The summed E-state index contributed by atoms with van der Waals surface area (Å²) in [6.45, 7) is 2.25. The SMILES string of the molecule is CC(=O)CCc1ccc(OCC(=O)NCCCc2ccccc2)cc1. The van der Waals surface area contributed by atoms with Crippen LogP contribution in [0.5, 0.6) is 5.75 Å². The molecule has 2 rings (SSSR count). The molecule has 0 aliphatic carbocycles. The van der Waals surface area contributed by atoms with E-state index in [0.29, 0.717) is 18.7 Å². The van der Waals surface area contributed by atoms with E-state index < -0.39 is 0 Å².